The Labute approximate surface area is 132 Å². The summed E-state index contributed by atoms with van der Waals surface area (Å²) in [6.07, 6.45) is 1.82. The van der Waals surface area contributed by atoms with Crippen molar-refractivity contribution in [2.24, 2.45) is 0 Å². The number of aromatic nitrogens is 3. The molecule has 0 radical (unpaired) electrons. The minimum Gasteiger partial charge on any atom is -0.256 e. The lowest BCUT2D eigenvalue weighted by Gasteiger charge is -2.01. The van der Waals surface area contributed by atoms with E-state index >= 15 is 0 Å². The first-order valence-corrected chi connectivity index (χ1v) is 7.61. The maximum atomic E-state index is 4.81. The topological polar surface area (TPSA) is 30.2 Å². The molecule has 108 valence electrons. The van der Waals surface area contributed by atoms with Crippen LogP contribution < -0.4 is 0 Å². The molecular formula is C20H13N3. The third-order valence-electron chi connectivity index (χ3n) is 4.24. The van der Waals surface area contributed by atoms with E-state index in [0.29, 0.717) is 0 Å². The van der Waals surface area contributed by atoms with Crippen molar-refractivity contribution in [1.29, 1.82) is 0 Å². The van der Waals surface area contributed by atoms with Crippen LogP contribution in [-0.4, -0.2) is 14.6 Å². The average Bonchev–Trinajstić information content (AvgIpc) is 3.06. The third-order valence-corrected chi connectivity index (χ3v) is 4.24. The Morgan fingerprint density at radius 2 is 1.61 bits per heavy atom. The number of para-hydroxylation sites is 1. The number of rotatable bonds is 1. The Kier molecular flexibility index (Phi) is 2.50. The molecule has 0 saturated carbocycles. The first-order chi connectivity index (χ1) is 11.4. The Morgan fingerprint density at radius 1 is 0.739 bits per heavy atom. The van der Waals surface area contributed by atoms with Gasteiger partial charge in [-0.25, -0.2) is 4.52 Å². The first-order valence-electron chi connectivity index (χ1n) is 7.61. The van der Waals surface area contributed by atoms with Crippen LogP contribution in [0, 0.1) is 0 Å². The molecule has 0 atom stereocenters. The van der Waals surface area contributed by atoms with Crippen molar-refractivity contribution in [3.63, 3.8) is 0 Å². The maximum absolute atomic E-state index is 4.81. The van der Waals surface area contributed by atoms with Gasteiger partial charge in [0.2, 0.25) is 0 Å². The average molecular weight is 295 g/mol. The summed E-state index contributed by atoms with van der Waals surface area (Å²) in [6, 6.07) is 25.0. The van der Waals surface area contributed by atoms with Crippen LogP contribution in [0.4, 0.5) is 0 Å². The van der Waals surface area contributed by atoms with E-state index in [-0.39, 0.29) is 0 Å². The predicted molar refractivity (Wildman–Crippen MR) is 93.4 cm³/mol. The van der Waals surface area contributed by atoms with Gasteiger partial charge >= 0.3 is 0 Å². The second-order valence-electron chi connectivity index (χ2n) is 5.67. The van der Waals surface area contributed by atoms with Gasteiger partial charge in [0, 0.05) is 22.5 Å². The van der Waals surface area contributed by atoms with Gasteiger partial charge in [-0.1, -0.05) is 42.5 Å². The molecule has 0 aliphatic rings. The lowest BCUT2D eigenvalue weighted by atomic mass is 10.1. The van der Waals surface area contributed by atoms with Gasteiger partial charge in [-0.2, -0.15) is 5.10 Å². The lowest BCUT2D eigenvalue weighted by molar-refractivity contribution is 1.01. The predicted octanol–water partition coefficient (Wildman–Crippen LogP) is 4.70. The quantitative estimate of drug-likeness (QED) is 0.448. The van der Waals surface area contributed by atoms with Gasteiger partial charge in [0.05, 0.1) is 22.2 Å². The smallest absolute Gasteiger partial charge is 0.0934 e. The maximum Gasteiger partial charge on any atom is 0.0934 e. The Bertz CT molecular complexity index is 1170. The fraction of sp³-hybridized carbons (Fsp3) is 0. The summed E-state index contributed by atoms with van der Waals surface area (Å²) < 4.78 is 2.01. The summed E-state index contributed by atoms with van der Waals surface area (Å²) in [5.74, 6) is 0. The van der Waals surface area contributed by atoms with Crippen molar-refractivity contribution in [2.45, 2.75) is 0 Å². The monoisotopic (exact) mass is 295 g/mol. The van der Waals surface area contributed by atoms with Crippen molar-refractivity contribution >= 4 is 27.3 Å². The Hall–Kier alpha value is -3.20. The molecule has 0 saturated heterocycles. The molecular weight excluding hydrogens is 282 g/mol. The standard InChI is InChI=1S/C20H13N3/c1-2-6-20-15(4-1)9-10-17-13-19(22-23(17)20)16-8-7-14-5-3-11-21-18(14)12-16/h1-13H. The van der Waals surface area contributed by atoms with Crippen molar-refractivity contribution in [2.75, 3.05) is 0 Å². The van der Waals surface area contributed by atoms with Crippen molar-refractivity contribution in [3.8, 4) is 11.3 Å². The molecule has 3 heteroatoms. The molecule has 23 heavy (non-hydrogen) atoms. The van der Waals surface area contributed by atoms with Crippen LogP contribution in [0.25, 0.3) is 38.6 Å². The molecule has 0 N–H and O–H groups in total. The molecule has 0 aliphatic carbocycles. The van der Waals surface area contributed by atoms with Crippen LogP contribution in [0.3, 0.4) is 0 Å². The molecule has 0 aliphatic heterocycles. The highest BCUT2D eigenvalue weighted by atomic mass is 15.2. The van der Waals surface area contributed by atoms with Gasteiger partial charge < -0.3 is 0 Å². The highest BCUT2D eigenvalue weighted by Gasteiger charge is 2.07. The summed E-state index contributed by atoms with van der Waals surface area (Å²) in [5.41, 5.74) is 5.26. The van der Waals surface area contributed by atoms with Crippen molar-refractivity contribution < 1.29 is 0 Å². The van der Waals surface area contributed by atoms with Crippen LogP contribution in [-0.2, 0) is 0 Å². The largest absolute Gasteiger partial charge is 0.256 e. The Morgan fingerprint density at radius 3 is 2.61 bits per heavy atom. The lowest BCUT2D eigenvalue weighted by Crippen LogP contribution is -1.90. The minimum atomic E-state index is 0.967. The van der Waals surface area contributed by atoms with E-state index in [1.165, 1.54) is 5.39 Å². The number of hydrogen-bond acceptors (Lipinski definition) is 2. The molecule has 0 bridgehead atoms. The van der Waals surface area contributed by atoms with E-state index in [0.717, 1.165) is 33.2 Å². The zero-order valence-electron chi connectivity index (χ0n) is 12.3. The summed E-state index contributed by atoms with van der Waals surface area (Å²) in [4.78, 5) is 4.44. The van der Waals surface area contributed by atoms with E-state index in [1.807, 2.05) is 28.9 Å². The zero-order chi connectivity index (χ0) is 15.2. The zero-order valence-corrected chi connectivity index (χ0v) is 12.3. The SMILES string of the molecule is c1cnc2cc(-c3cc4ccc5ccccc5n4n3)ccc2c1. The second-order valence-corrected chi connectivity index (χ2v) is 5.67. The molecule has 0 unspecified atom stereocenters. The highest BCUT2D eigenvalue weighted by molar-refractivity contribution is 5.86. The number of hydrogen-bond donors (Lipinski definition) is 0. The molecule has 3 nitrogen and oxygen atoms in total. The summed E-state index contributed by atoms with van der Waals surface area (Å²) in [6.45, 7) is 0. The van der Waals surface area contributed by atoms with Crippen LogP contribution >= 0.6 is 0 Å². The van der Waals surface area contributed by atoms with E-state index in [4.69, 9.17) is 5.10 Å². The minimum absolute atomic E-state index is 0.967. The molecule has 3 aromatic heterocycles. The van der Waals surface area contributed by atoms with Crippen LogP contribution in [0.2, 0.25) is 0 Å². The van der Waals surface area contributed by atoms with Crippen molar-refractivity contribution in [1.82, 2.24) is 14.6 Å². The number of benzene rings is 2. The first kappa shape index (κ1) is 12.4. The highest BCUT2D eigenvalue weighted by Crippen LogP contribution is 2.25. The van der Waals surface area contributed by atoms with Gasteiger partial charge in [0.1, 0.15) is 0 Å². The van der Waals surface area contributed by atoms with Crippen LogP contribution in [0.15, 0.2) is 79.0 Å². The molecule has 3 heterocycles. The van der Waals surface area contributed by atoms with E-state index in [1.54, 1.807) is 0 Å². The molecule has 0 fully saturated rings. The summed E-state index contributed by atoms with van der Waals surface area (Å²) in [5, 5.41) is 7.14. The summed E-state index contributed by atoms with van der Waals surface area (Å²) in [7, 11) is 0. The van der Waals surface area contributed by atoms with Crippen LogP contribution in [0.1, 0.15) is 0 Å². The third kappa shape index (κ3) is 1.90. The second kappa shape index (κ2) is 4.65. The summed E-state index contributed by atoms with van der Waals surface area (Å²) >= 11 is 0. The van der Waals surface area contributed by atoms with E-state index < -0.39 is 0 Å². The fourth-order valence-corrected chi connectivity index (χ4v) is 3.07. The Balaban J connectivity index is 1.76. The molecule has 5 aromatic rings. The van der Waals surface area contributed by atoms with Gasteiger partial charge in [-0.15, -0.1) is 0 Å². The van der Waals surface area contributed by atoms with E-state index in [2.05, 4.69) is 59.6 Å². The van der Waals surface area contributed by atoms with Gasteiger partial charge in [0.15, 0.2) is 0 Å². The van der Waals surface area contributed by atoms with Crippen LogP contribution in [0.5, 0.6) is 0 Å². The molecule has 0 amide bonds. The number of nitrogens with zero attached hydrogens (tertiary/aromatic N) is 3. The van der Waals surface area contributed by atoms with Gasteiger partial charge in [-0.05, 0) is 30.3 Å². The van der Waals surface area contributed by atoms with Crippen molar-refractivity contribution in [3.05, 3.63) is 79.0 Å². The normalized spacial score (nSPS) is 11.5. The molecule has 5 rings (SSSR count). The van der Waals surface area contributed by atoms with Gasteiger partial charge in [0.25, 0.3) is 0 Å². The molecule has 0 spiro atoms. The van der Waals surface area contributed by atoms with Gasteiger partial charge in [-0.3, -0.25) is 4.98 Å². The molecule has 2 aromatic carbocycles. The van der Waals surface area contributed by atoms with E-state index in [9.17, 15) is 0 Å². The number of pyridine rings is 2. The fourth-order valence-electron chi connectivity index (χ4n) is 3.07. The number of fused-ring (bicyclic) bond motifs is 4.